The lowest BCUT2D eigenvalue weighted by atomic mass is 9.53. The molecule has 2 spiro atoms. The predicted octanol–water partition coefficient (Wildman–Crippen LogP) is 2.05. The van der Waals surface area contributed by atoms with Crippen molar-refractivity contribution in [1.82, 2.24) is 0 Å². The Labute approximate surface area is 152 Å². The molecule has 2 saturated carbocycles. The topological polar surface area (TPSA) is 71.1 Å². The van der Waals surface area contributed by atoms with Gasteiger partial charge in [0.25, 0.3) is 0 Å². The summed E-state index contributed by atoms with van der Waals surface area (Å²) in [6.07, 6.45) is 1.00. The summed E-state index contributed by atoms with van der Waals surface area (Å²) in [5, 5.41) is 0. The summed E-state index contributed by atoms with van der Waals surface area (Å²) < 4.78 is 24.4. The fourth-order valence-electron chi connectivity index (χ4n) is 8.19. The van der Waals surface area contributed by atoms with Crippen LogP contribution in [-0.4, -0.2) is 42.6 Å². The van der Waals surface area contributed by atoms with Crippen molar-refractivity contribution in [2.24, 2.45) is 34.0 Å². The first-order valence-corrected chi connectivity index (χ1v) is 9.88. The number of carbonyl (C=O) groups excluding carboxylic acids is 2. The highest BCUT2D eigenvalue weighted by molar-refractivity contribution is 5.88. The van der Waals surface area contributed by atoms with Crippen LogP contribution in [0.4, 0.5) is 0 Å². The number of hydrogen-bond donors (Lipinski definition) is 0. The van der Waals surface area contributed by atoms with Gasteiger partial charge in [0.15, 0.2) is 5.60 Å². The van der Waals surface area contributed by atoms with Gasteiger partial charge in [0.05, 0.1) is 23.4 Å². The van der Waals surface area contributed by atoms with E-state index in [2.05, 4.69) is 27.7 Å². The van der Waals surface area contributed by atoms with Gasteiger partial charge in [0, 0.05) is 12.5 Å². The number of hydrogen-bond acceptors (Lipinski definition) is 6. The van der Waals surface area contributed by atoms with Gasteiger partial charge in [-0.15, -0.1) is 0 Å². The Morgan fingerprint density at radius 1 is 1.15 bits per heavy atom. The molecule has 9 atom stereocenters. The Kier molecular flexibility index (Phi) is 2.53. The first kappa shape index (κ1) is 15.9. The third kappa shape index (κ3) is 1.27. The van der Waals surface area contributed by atoms with Crippen LogP contribution in [0.2, 0.25) is 0 Å². The number of fused-ring (bicyclic) bond motifs is 1. The SMILES string of the molecule is C[C@@H]1COC2CC34C5C[C@@H](C(C)(C)C)C36CC(=O)OC6OC4(C(=O)O5)C21. The zero-order chi connectivity index (χ0) is 18.3. The van der Waals surface area contributed by atoms with Gasteiger partial charge in [0.2, 0.25) is 6.29 Å². The summed E-state index contributed by atoms with van der Waals surface area (Å²) in [4.78, 5) is 25.7. The molecule has 4 heterocycles. The van der Waals surface area contributed by atoms with Gasteiger partial charge in [0.1, 0.15) is 6.10 Å². The van der Waals surface area contributed by atoms with Crippen LogP contribution in [0.15, 0.2) is 0 Å². The van der Waals surface area contributed by atoms with Crippen molar-refractivity contribution < 1.29 is 28.5 Å². The molecule has 0 aromatic rings. The van der Waals surface area contributed by atoms with Crippen molar-refractivity contribution in [3.05, 3.63) is 0 Å². The molecule has 4 aliphatic heterocycles. The molecule has 26 heavy (non-hydrogen) atoms. The molecule has 0 bridgehead atoms. The van der Waals surface area contributed by atoms with Crippen LogP contribution in [0.1, 0.15) is 47.0 Å². The molecule has 6 aliphatic rings. The molecule has 0 aromatic heterocycles. The molecule has 0 radical (unpaired) electrons. The number of ether oxygens (including phenoxy) is 4. The van der Waals surface area contributed by atoms with Crippen molar-refractivity contribution in [1.29, 1.82) is 0 Å². The van der Waals surface area contributed by atoms with Gasteiger partial charge in [-0.3, -0.25) is 4.79 Å². The largest absolute Gasteiger partial charge is 0.459 e. The summed E-state index contributed by atoms with van der Waals surface area (Å²) in [5.74, 6) is -0.0471. The van der Waals surface area contributed by atoms with Crippen LogP contribution >= 0.6 is 0 Å². The minimum Gasteiger partial charge on any atom is -0.459 e. The highest BCUT2D eigenvalue weighted by Crippen LogP contribution is 2.83. The number of esters is 2. The predicted molar refractivity (Wildman–Crippen MR) is 87.6 cm³/mol. The lowest BCUT2D eigenvalue weighted by molar-refractivity contribution is -0.206. The van der Waals surface area contributed by atoms with Gasteiger partial charge < -0.3 is 18.9 Å². The quantitative estimate of drug-likeness (QED) is 0.614. The Morgan fingerprint density at radius 2 is 1.92 bits per heavy atom. The number of carbonyl (C=O) groups is 2. The lowest BCUT2D eigenvalue weighted by Gasteiger charge is -2.44. The van der Waals surface area contributed by atoms with E-state index < -0.39 is 22.7 Å². The average Bonchev–Trinajstić information content (AvgIpc) is 3.25. The average molecular weight is 362 g/mol. The molecule has 6 fully saturated rings. The van der Waals surface area contributed by atoms with Crippen molar-refractivity contribution >= 4 is 11.9 Å². The standard InChI is InChI=1S/C20H26O6/c1-9-8-23-10-6-19-12-5-11(17(2,3)4)18(19)7-13(21)25-16(18)26-20(19,14(9)10)15(22)24-12/h9-12,14,16H,5-8H2,1-4H3/t9-,10?,11+,12?,14?,16?,18?,19?,20?/m1/s1. The van der Waals surface area contributed by atoms with E-state index in [-0.39, 0.29) is 47.3 Å². The van der Waals surface area contributed by atoms with Gasteiger partial charge >= 0.3 is 11.9 Å². The third-order valence-corrected chi connectivity index (χ3v) is 8.68. The van der Waals surface area contributed by atoms with E-state index in [4.69, 9.17) is 18.9 Å². The fraction of sp³-hybridized carbons (Fsp3) is 0.900. The maximum absolute atomic E-state index is 13.3. The molecule has 0 N–H and O–H groups in total. The fourth-order valence-corrected chi connectivity index (χ4v) is 8.19. The smallest absolute Gasteiger partial charge is 0.340 e. The molecular formula is C20H26O6. The lowest BCUT2D eigenvalue weighted by Crippen LogP contribution is -2.55. The van der Waals surface area contributed by atoms with Crippen LogP contribution < -0.4 is 0 Å². The molecule has 7 unspecified atom stereocenters. The highest BCUT2D eigenvalue weighted by Gasteiger charge is 2.95. The molecule has 0 aromatic carbocycles. The molecule has 6 rings (SSSR count). The normalized spacial score (nSPS) is 59.1. The van der Waals surface area contributed by atoms with E-state index >= 15 is 0 Å². The summed E-state index contributed by atoms with van der Waals surface area (Å²) in [5.41, 5.74) is -2.05. The zero-order valence-corrected chi connectivity index (χ0v) is 15.7. The molecule has 142 valence electrons. The molecule has 2 aliphatic carbocycles. The van der Waals surface area contributed by atoms with Crippen molar-refractivity contribution in [3.8, 4) is 0 Å². The second-order valence-corrected chi connectivity index (χ2v) is 10.5. The van der Waals surface area contributed by atoms with Crippen molar-refractivity contribution in [3.63, 3.8) is 0 Å². The molecule has 6 heteroatoms. The highest BCUT2D eigenvalue weighted by atomic mass is 16.7. The first-order valence-electron chi connectivity index (χ1n) is 9.88. The Morgan fingerprint density at radius 3 is 2.65 bits per heavy atom. The molecule has 6 nitrogen and oxygen atoms in total. The summed E-state index contributed by atoms with van der Waals surface area (Å²) in [6.45, 7) is 9.40. The summed E-state index contributed by atoms with van der Waals surface area (Å²) >= 11 is 0. The monoisotopic (exact) mass is 362 g/mol. The van der Waals surface area contributed by atoms with E-state index in [1.807, 2.05) is 0 Å². The second kappa shape index (κ2) is 4.14. The van der Waals surface area contributed by atoms with Crippen LogP contribution in [0, 0.1) is 34.0 Å². The molecular weight excluding hydrogens is 336 g/mol. The Bertz CT molecular complexity index is 741. The zero-order valence-electron chi connectivity index (χ0n) is 15.7. The van der Waals surface area contributed by atoms with Crippen LogP contribution in [0.3, 0.4) is 0 Å². The summed E-state index contributed by atoms with van der Waals surface area (Å²) in [7, 11) is 0. The van der Waals surface area contributed by atoms with E-state index in [1.54, 1.807) is 0 Å². The molecule has 4 saturated heterocycles. The number of rotatable bonds is 0. The maximum Gasteiger partial charge on any atom is 0.340 e. The van der Waals surface area contributed by atoms with E-state index in [0.717, 1.165) is 12.8 Å². The van der Waals surface area contributed by atoms with Gasteiger partial charge in [-0.25, -0.2) is 4.79 Å². The Balaban J connectivity index is 1.63. The Hall–Kier alpha value is -1.14. The van der Waals surface area contributed by atoms with E-state index in [1.165, 1.54) is 0 Å². The van der Waals surface area contributed by atoms with Crippen LogP contribution in [0.5, 0.6) is 0 Å². The van der Waals surface area contributed by atoms with Gasteiger partial charge in [-0.05, 0) is 30.1 Å². The van der Waals surface area contributed by atoms with Crippen LogP contribution in [-0.2, 0) is 28.5 Å². The van der Waals surface area contributed by atoms with Crippen molar-refractivity contribution in [2.75, 3.05) is 6.61 Å². The second-order valence-electron chi connectivity index (χ2n) is 10.5. The van der Waals surface area contributed by atoms with Gasteiger partial charge in [-0.1, -0.05) is 27.7 Å². The van der Waals surface area contributed by atoms with E-state index in [9.17, 15) is 9.59 Å². The van der Waals surface area contributed by atoms with E-state index in [0.29, 0.717) is 13.0 Å². The third-order valence-electron chi connectivity index (χ3n) is 8.68. The first-order chi connectivity index (χ1) is 12.2. The maximum atomic E-state index is 13.3. The minimum atomic E-state index is -1.01. The minimum absolute atomic E-state index is 0.00703. The summed E-state index contributed by atoms with van der Waals surface area (Å²) in [6, 6.07) is 0. The van der Waals surface area contributed by atoms with Crippen molar-refractivity contribution in [2.45, 2.75) is 71.1 Å². The molecule has 0 amide bonds. The van der Waals surface area contributed by atoms with Crippen LogP contribution in [0.25, 0.3) is 0 Å². The van der Waals surface area contributed by atoms with Gasteiger partial charge in [-0.2, -0.15) is 0 Å².